The van der Waals surface area contributed by atoms with Crippen LogP contribution in [0.1, 0.15) is 67.7 Å². The Morgan fingerprint density at radius 2 is 1.73 bits per heavy atom. The molecule has 0 spiro atoms. The van der Waals surface area contributed by atoms with Crippen molar-refractivity contribution in [3.63, 3.8) is 0 Å². The minimum absolute atomic E-state index is 0.251. The normalized spacial score (nSPS) is 31.0. The van der Waals surface area contributed by atoms with E-state index in [1.807, 2.05) is 6.08 Å². The van der Waals surface area contributed by atoms with E-state index in [2.05, 4.69) is 79.3 Å². The van der Waals surface area contributed by atoms with Gasteiger partial charge in [0, 0.05) is 0 Å². The van der Waals surface area contributed by atoms with Crippen LogP contribution in [0.5, 0.6) is 0 Å². The van der Waals surface area contributed by atoms with E-state index in [-0.39, 0.29) is 5.41 Å². The van der Waals surface area contributed by atoms with Gasteiger partial charge in [0.2, 0.25) is 0 Å². The molecule has 2 unspecified atom stereocenters. The lowest BCUT2D eigenvalue weighted by molar-refractivity contribution is 0.423. The average Bonchev–Trinajstić information content (AvgIpc) is 2.71. The van der Waals surface area contributed by atoms with Crippen LogP contribution in [0, 0.1) is 22.7 Å². The van der Waals surface area contributed by atoms with Gasteiger partial charge in [-0.2, -0.15) is 0 Å². The molecule has 124 valence electrons. The highest BCUT2D eigenvalue weighted by atomic mass is 14.4. The Kier molecular flexibility index (Phi) is 6.47. The summed E-state index contributed by atoms with van der Waals surface area (Å²) in [6.07, 6.45) is 15.1. The molecule has 0 amide bonds. The summed E-state index contributed by atoms with van der Waals surface area (Å²) in [5.74, 6) is 1.66. The number of rotatable bonds is 6. The quantitative estimate of drug-likeness (QED) is 0.458. The summed E-state index contributed by atoms with van der Waals surface area (Å²) in [4.78, 5) is 0. The van der Waals surface area contributed by atoms with Crippen LogP contribution in [0.3, 0.4) is 0 Å². The molecule has 0 saturated heterocycles. The predicted octanol–water partition coefficient (Wildman–Crippen LogP) is 7.11. The van der Waals surface area contributed by atoms with Gasteiger partial charge in [0.1, 0.15) is 0 Å². The molecule has 0 heterocycles. The topological polar surface area (TPSA) is 0 Å². The molecule has 1 rings (SSSR count). The van der Waals surface area contributed by atoms with Crippen molar-refractivity contribution in [3.05, 3.63) is 48.1 Å². The second-order valence-corrected chi connectivity index (χ2v) is 8.37. The van der Waals surface area contributed by atoms with Gasteiger partial charge >= 0.3 is 0 Å². The molecule has 0 radical (unpaired) electrons. The van der Waals surface area contributed by atoms with E-state index in [0.717, 1.165) is 18.3 Å². The summed E-state index contributed by atoms with van der Waals surface area (Å²) < 4.78 is 0. The molecule has 1 aliphatic carbocycles. The number of hydrogen-bond acceptors (Lipinski definition) is 0. The van der Waals surface area contributed by atoms with Crippen LogP contribution in [0.2, 0.25) is 0 Å². The molecular formula is C22H36. The van der Waals surface area contributed by atoms with E-state index in [4.69, 9.17) is 0 Å². The van der Waals surface area contributed by atoms with Crippen LogP contribution in [0.25, 0.3) is 0 Å². The van der Waals surface area contributed by atoms with Crippen LogP contribution in [-0.2, 0) is 0 Å². The first-order chi connectivity index (χ1) is 10.1. The van der Waals surface area contributed by atoms with Crippen LogP contribution in [-0.4, -0.2) is 0 Å². The van der Waals surface area contributed by atoms with Crippen molar-refractivity contribution >= 4 is 0 Å². The summed E-state index contributed by atoms with van der Waals surface area (Å²) in [6.45, 7) is 20.1. The van der Waals surface area contributed by atoms with Crippen LogP contribution < -0.4 is 0 Å². The lowest BCUT2D eigenvalue weighted by Gasteiger charge is -2.20. The molecule has 0 nitrogen and oxygen atoms in total. The summed E-state index contributed by atoms with van der Waals surface area (Å²) in [6, 6.07) is 0. The summed E-state index contributed by atoms with van der Waals surface area (Å²) in [5, 5.41) is 0. The third kappa shape index (κ3) is 5.30. The molecule has 0 heteroatoms. The predicted molar refractivity (Wildman–Crippen MR) is 101 cm³/mol. The zero-order valence-corrected chi connectivity index (χ0v) is 15.9. The van der Waals surface area contributed by atoms with Gasteiger partial charge in [0.25, 0.3) is 0 Å². The SMILES string of the molecule is C=C/C(C)=C(/C=C\C(C)(C)CC)\C=C/C1(C)CC(C)C(C)C1. The van der Waals surface area contributed by atoms with Gasteiger partial charge in [-0.25, -0.2) is 0 Å². The van der Waals surface area contributed by atoms with Crippen molar-refractivity contribution in [2.75, 3.05) is 0 Å². The Balaban J connectivity index is 2.97. The molecule has 0 aromatic rings. The zero-order valence-electron chi connectivity index (χ0n) is 15.9. The Morgan fingerprint density at radius 1 is 1.18 bits per heavy atom. The van der Waals surface area contributed by atoms with Crippen molar-refractivity contribution in [3.8, 4) is 0 Å². The summed E-state index contributed by atoms with van der Waals surface area (Å²) in [5.41, 5.74) is 3.15. The van der Waals surface area contributed by atoms with E-state index in [9.17, 15) is 0 Å². The largest absolute Gasteiger partial charge is 0.0988 e. The Labute approximate surface area is 139 Å². The fourth-order valence-corrected chi connectivity index (χ4v) is 3.25. The van der Waals surface area contributed by atoms with Crippen molar-refractivity contribution in [1.29, 1.82) is 0 Å². The molecule has 1 fully saturated rings. The highest BCUT2D eigenvalue weighted by molar-refractivity contribution is 5.40. The standard InChI is InChI=1S/C22H36/c1-9-17(3)20(11-13-21(6,7)10-2)12-14-22(8)15-18(4)19(5)16-22/h9,11-14,18-19H,1,10,15-16H2,2-8H3/b13-11-,14-12-,20-17-. The Bertz CT molecular complexity index is 460. The maximum atomic E-state index is 3.94. The smallest absolute Gasteiger partial charge is 0.0138 e. The molecule has 0 bridgehead atoms. The van der Waals surface area contributed by atoms with E-state index in [0.29, 0.717) is 5.41 Å². The van der Waals surface area contributed by atoms with Crippen molar-refractivity contribution in [1.82, 2.24) is 0 Å². The van der Waals surface area contributed by atoms with Gasteiger partial charge in [-0.05, 0) is 60.0 Å². The monoisotopic (exact) mass is 300 g/mol. The second kappa shape index (κ2) is 7.49. The van der Waals surface area contributed by atoms with E-state index in [1.165, 1.54) is 24.0 Å². The van der Waals surface area contributed by atoms with E-state index >= 15 is 0 Å². The van der Waals surface area contributed by atoms with Gasteiger partial charge in [-0.3, -0.25) is 0 Å². The Morgan fingerprint density at radius 3 is 2.18 bits per heavy atom. The maximum absolute atomic E-state index is 3.94. The third-order valence-electron chi connectivity index (χ3n) is 5.60. The average molecular weight is 301 g/mol. The second-order valence-electron chi connectivity index (χ2n) is 8.37. The molecule has 22 heavy (non-hydrogen) atoms. The number of hydrogen-bond donors (Lipinski definition) is 0. The molecular weight excluding hydrogens is 264 g/mol. The lowest BCUT2D eigenvalue weighted by Crippen LogP contribution is -2.07. The van der Waals surface area contributed by atoms with Crippen molar-refractivity contribution < 1.29 is 0 Å². The summed E-state index contributed by atoms with van der Waals surface area (Å²) in [7, 11) is 0. The molecule has 0 aromatic carbocycles. The first-order valence-corrected chi connectivity index (χ1v) is 8.84. The number of allylic oxidation sites excluding steroid dienone is 7. The van der Waals surface area contributed by atoms with Gasteiger partial charge in [0.15, 0.2) is 0 Å². The van der Waals surface area contributed by atoms with Gasteiger partial charge < -0.3 is 0 Å². The molecule has 0 aliphatic heterocycles. The highest BCUT2D eigenvalue weighted by Crippen LogP contribution is 2.46. The van der Waals surface area contributed by atoms with Gasteiger partial charge in [-0.15, -0.1) is 0 Å². The Hall–Kier alpha value is -1.04. The van der Waals surface area contributed by atoms with Gasteiger partial charge in [0.05, 0.1) is 0 Å². The lowest BCUT2D eigenvalue weighted by atomic mass is 9.85. The third-order valence-corrected chi connectivity index (χ3v) is 5.60. The van der Waals surface area contributed by atoms with Gasteiger partial charge in [-0.1, -0.05) is 78.5 Å². The molecule has 1 saturated carbocycles. The molecule has 1 aliphatic rings. The van der Waals surface area contributed by atoms with Crippen LogP contribution in [0.4, 0.5) is 0 Å². The first-order valence-electron chi connectivity index (χ1n) is 8.84. The maximum Gasteiger partial charge on any atom is -0.0138 e. The van der Waals surface area contributed by atoms with E-state index < -0.39 is 0 Å². The van der Waals surface area contributed by atoms with Crippen LogP contribution >= 0.6 is 0 Å². The fourth-order valence-electron chi connectivity index (χ4n) is 3.25. The minimum atomic E-state index is 0.251. The van der Waals surface area contributed by atoms with Crippen LogP contribution in [0.15, 0.2) is 48.1 Å². The van der Waals surface area contributed by atoms with Crippen molar-refractivity contribution in [2.45, 2.75) is 67.7 Å². The molecule has 0 N–H and O–H groups in total. The molecule has 0 aromatic heterocycles. The van der Waals surface area contributed by atoms with Crippen molar-refractivity contribution in [2.24, 2.45) is 22.7 Å². The fraction of sp³-hybridized carbons (Fsp3) is 0.636. The van der Waals surface area contributed by atoms with E-state index in [1.54, 1.807) is 0 Å². The molecule has 2 atom stereocenters. The zero-order chi connectivity index (χ0) is 17.0. The first kappa shape index (κ1) is 19.0. The summed E-state index contributed by atoms with van der Waals surface area (Å²) >= 11 is 0. The highest BCUT2D eigenvalue weighted by Gasteiger charge is 2.35. The minimum Gasteiger partial charge on any atom is -0.0988 e.